The molecule has 0 aliphatic heterocycles. The summed E-state index contributed by atoms with van der Waals surface area (Å²) < 4.78 is 2.55. The van der Waals surface area contributed by atoms with Crippen LogP contribution in [0.25, 0.3) is 27.5 Å². The number of aromatic nitrogens is 1. The fourth-order valence-corrected chi connectivity index (χ4v) is 4.92. The Bertz CT molecular complexity index is 1200. The average Bonchev–Trinajstić information content (AvgIpc) is 3.04. The molecule has 1 heteroatoms. The normalized spacial score (nSPS) is 11.8. The number of benzene rings is 3. The highest BCUT2D eigenvalue weighted by Crippen LogP contribution is 2.43. The molecule has 4 aromatic rings. The van der Waals surface area contributed by atoms with Crippen molar-refractivity contribution in [1.29, 1.82) is 0 Å². The first kappa shape index (κ1) is 18.8. The maximum absolute atomic E-state index is 2.55. The van der Waals surface area contributed by atoms with Crippen LogP contribution < -0.4 is 0 Å². The molecule has 0 saturated carbocycles. The van der Waals surface area contributed by atoms with Gasteiger partial charge in [-0.2, -0.15) is 0 Å². The molecule has 0 saturated heterocycles. The van der Waals surface area contributed by atoms with Gasteiger partial charge in [0.05, 0.1) is 11.0 Å². The van der Waals surface area contributed by atoms with E-state index in [0.29, 0.717) is 0 Å². The molecule has 1 heterocycles. The third-order valence-electron chi connectivity index (χ3n) is 7.36. The van der Waals surface area contributed by atoms with Gasteiger partial charge in [-0.25, -0.2) is 0 Å². The molecule has 3 aromatic carbocycles. The molecule has 0 amide bonds. The van der Waals surface area contributed by atoms with Crippen LogP contribution in [0.5, 0.6) is 0 Å². The van der Waals surface area contributed by atoms with E-state index in [0.717, 1.165) is 0 Å². The maximum atomic E-state index is 2.55. The second kappa shape index (κ2) is 6.24. The lowest BCUT2D eigenvalue weighted by molar-refractivity contribution is 1.11. The summed E-state index contributed by atoms with van der Waals surface area (Å²) in [5.74, 6) is 0. The number of fused-ring (bicyclic) bond motifs is 3. The lowest BCUT2D eigenvalue weighted by Gasteiger charge is -2.17. The van der Waals surface area contributed by atoms with Gasteiger partial charge in [0.15, 0.2) is 0 Å². The number of hydrogen-bond donors (Lipinski definition) is 0. The predicted molar refractivity (Wildman–Crippen MR) is 123 cm³/mol. The van der Waals surface area contributed by atoms with Gasteiger partial charge < -0.3 is 4.57 Å². The molecular formula is C27H31N. The summed E-state index contributed by atoms with van der Waals surface area (Å²) in [6.07, 6.45) is 0. The van der Waals surface area contributed by atoms with Gasteiger partial charge in [0, 0.05) is 16.5 Å². The lowest BCUT2D eigenvalue weighted by atomic mass is 9.90. The van der Waals surface area contributed by atoms with Gasteiger partial charge in [0.2, 0.25) is 0 Å². The van der Waals surface area contributed by atoms with Crippen LogP contribution in [-0.2, 0) is 0 Å². The molecule has 0 atom stereocenters. The van der Waals surface area contributed by atoms with Gasteiger partial charge in [0.25, 0.3) is 0 Å². The van der Waals surface area contributed by atoms with E-state index in [1.54, 1.807) is 0 Å². The predicted octanol–water partition coefficient (Wildman–Crippen LogP) is 7.56. The van der Waals surface area contributed by atoms with Crippen molar-refractivity contribution in [2.24, 2.45) is 0 Å². The van der Waals surface area contributed by atoms with E-state index < -0.39 is 0 Å². The Morgan fingerprint density at radius 1 is 0.464 bits per heavy atom. The molecule has 4 rings (SSSR count). The van der Waals surface area contributed by atoms with Crippen LogP contribution in [0.3, 0.4) is 0 Å². The third-order valence-corrected chi connectivity index (χ3v) is 7.36. The van der Waals surface area contributed by atoms with Crippen molar-refractivity contribution < 1.29 is 0 Å². The average molecular weight is 370 g/mol. The van der Waals surface area contributed by atoms with E-state index in [1.807, 2.05) is 0 Å². The van der Waals surface area contributed by atoms with Crippen LogP contribution in [0.1, 0.15) is 50.1 Å². The standard InChI is InChI=1S/C27H31N/c1-14-12-10-11-13-23(14)28-26-21(8)17(4)15(2)19(6)24(26)25-20(7)16(3)18(5)22(9)27(25)28/h10-13H,1-9H3. The Kier molecular flexibility index (Phi) is 4.19. The summed E-state index contributed by atoms with van der Waals surface area (Å²) in [6, 6.07) is 8.78. The highest BCUT2D eigenvalue weighted by Gasteiger charge is 2.24. The fourth-order valence-electron chi connectivity index (χ4n) is 4.92. The van der Waals surface area contributed by atoms with Crippen molar-refractivity contribution in [1.82, 2.24) is 4.57 Å². The van der Waals surface area contributed by atoms with E-state index in [9.17, 15) is 0 Å². The minimum absolute atomic E-state index is 1.29. The van der Waals surface area contributed by atoms with Crippen LogP contribution >= 0.6 is 0 Å². The Morgan fingerprint density at radius 2 is 0.857 bits per heavy atom. The number of hydrogen-bond acceptors (Lipinski definition) is 0. The zero-order valence-corrected chi connectivity index (χ0v) is 18.8. The van der Waals surface area contributed by atoms with Crippen LogP contribution in [0.4, 0.5) is 0 Å². The van der Waals surface area contributed by atoms with Gasteiger partial charge >= 0.3 is 0 Å². The minimum atomic E-state index is 1.29. The highest BCUT2D eigenvalue weighted by atomic mass is 15.0. The Hall–Kier alpha value is -2.54. The summed E-state index contributed by atoms with van der Waals surface area (Å²) >= 11 is 0. The molecule has 1 nitrogen and oxygen atoms in total. The molecular weight excluding hydrogens is 338 g/mol. The first-order valence-corrected chi connectivity index (χ1v) is 10.2. The van der Waals surface area contributed by atoms with Crippen LogP contribution in [0.15, 0.2) is 24.3 Å². The summed E-state index contributed by atoms with van der Waals surface area (Å²) in [5.41, 5.74) is 16.6. The van der Waals surface area contributed by atoms with E-state index in [2.05, 4.69) is 91.1 Å². The number of para-hydroxylation sites is 1. The zero-order valence-electron chi connectivity index (χ0n) is 18.8. The smallest absolute Gasteiger partial charge is 0.0576 e. The zero-order chi connectivity index (χ0) is 20.5. The molecule has 0 aliphatic rings. The SMILES string of the molecule is Cc1ccccc1-n1c2c(C)c(C)c(C)c(C)c2c2c(C)c(C)c(C)c(C)c21. The Morgan fingerprint density at radius 3 is 1.29 bits per heavy atom. The fraction of sp³-hybridized carbons (Fsp3) is 0.333. The summed E-state index contributed by atoms with van der Waals surface area (Å²) in [5, 5.41) is 2.87. The summed E-state index contributed by atoms with van der Waals surface area (Å²) in [7, 11) is 0. The van der Waals surface area contributed by atoms with E-state index in [1.165, 1.54) is 77.6 Å². The van der Waals surface area contributed by atoms with Crippen LogP contribution in [-0.4, -0.2) is 4.57 Å². The van der Waals surface area contributed by atoms with Gasteiger partial charge in [-0.1, -0.05) is 18.2 Å². The van der Waals surface area contributed by atoms with Crippen LogP contribution in [0.2, 0.25) is 0 Å². The van der Waals surface area contributed by atoms with Gasteiger partial charge in [-0.05, 0) is 118 Å². The van der Waals surface area contributed by atoms with Crippen molar-refractivity contribution >= 4 is 21.8 Å². The minimum Gasteiger partial charge on any atom is -0.308 e. The largest absolute Gasteiger partial charge is 0.308 e. The third kappa shape index (κ3) is 2.25. The van der Waals surface area contributed by atoms with Crippen molar-refractivity contribution in [2.75, 3.05) is 0 Å². The molecule has 1 aromatic heterocycles. The maximum Gasteiger partial charge on any atom is 0.0576 e. The molecule has 0 bridgehead atoms. The van der Waals surface area contributed by atoms with Crippen molar-refractivity contribution in [3.05, 3.63) is 74.3 Å². The second-order valence-electron chi connectivity index (χ2n) is 8.57. The molecule has 0 unspecified atom stereocenters. The molecule has 28 heavy (non-hydrogen) atoms. The number of nitrogens with zero attached hydrogens (tertiary/aromatic N) is 1. The molecule has 0 radical (unpaired) electrons. The first-order valence-electron chi connectivity index (χ1n) is 10.2. The van der Waals surface area contributed by atoms with Gasteiger partial charge in [-0.3, -0.25) is 0 Å². The number of rotatable bonds is 1. The van der Waals surface area contributed by atoms with Crippen LogP contribution in [0, 0.1) is 62.3 Å². The summed E-state index contributed by atoms with van der Waals surface area (Å²) in [4.78, 5) is 0. The second-order valence-corrected chi connectivity index (χ2v) is 8.57. The molecule has 0 aliphatic carbocycles. The molecule has 0 fully saturated rings. The summed E-state index contributed by atoms with van der Waals surface area (Å²) in [6.45, 7) is 20.5. The van der Waals surface area contributed by atoms with Gasteiger partial charge in [0.1, 0.15) is 0 Å². The Balaban J connectivity index is 2.47. The van der Waals surface area contributed by atoms with E-state index in [-0.39, 0.29) is 0 Å². The van der Waals surface area contributed by atoms with Crippen molar-refractivity contribution in [2.45, 2.75) is 62.3 Å². The number of aryl methyl sites for hydroxylation is 5. The highest BCUT2D eigenvalue weighted by molar-refractivity contribution is 6.15. The van der Waals surface area contributed by atoms with Crippen molar-refractivity contribution in [3.63, 3.8) is 0 Å². The Labute approximate surface area is 169 Å². The molecule has 0 spiro atoms. The lowest BCUT2D eigenvalue weighted by Crippen LogP contribution is -2.02. The monoisotopic (exact) mass is 369 g/mol. The topological polar surface area (TPSA) is 4.93 Å². The quantitative estimate of drug-likeness (QED) is 0.326. The van der Waals surface area contributed by atoms with E-state index >= 15 is 0 Å². The molecule has 0 N–H and O–H groups in total. The van der Waals surface area contributed by atoms with Gasteiger partial charge in [-0.15, -0.1) is 0 Å². The van der Waals surface area contributed by atoms with Crippen molar-refractivity contribution in [3.8, 4) is 5.69 Å². The first-order chi connectivity index (χ1) is 13.2. The van der Waals surface area contributed by atoms with E-state index in [4.69, 9.17) is 0 Å². The molecule has 144 valence electrons.